The van der Waals surface area contributed by atoms with Crippen molar-refractivity contribution in [3.63, 3.8) is 0 Å². The highest BCUT2D eigenvalue weighted by Crippen LogP contribution is 2.35. The molecule has 4 rings (SSSR count). The molecule has 0 bridgehead atoms. The van der Waals surface area contributed by atoms with Gasteiger partial charge in [0.05, 0.1) is 6.04 Å². The standard InChI is InChI=1S/C20H19ClN2O4/c1-11-7-17(24)18(9-26-11)27-10-19(25)22-16-4-2-3-13-14-8-12(21)5-6-15(14)23-20(13)16/h5-9,16,23H,2-4,10H2,1H3,(H,22,25). The molecule has 27 heavy (non-hydrogen) atoms. The fourth-order valence-electron chi connectivity index (χ4n) is 3.56. The van der Waals surface area contributed by atoms with E-state index in [0.29, 0.717) is 10.8 Å². The molecule has 0 spiro atoms. The Kier molecular flexibility index (Phi) is 4.66. The van der Waals surface area contributed by atoms with E-state index >= 15 is 0 Å². The molecule has 2 aromatic heterocycles. The van der Waals surface area contributed by atoms with Crippen LogP contribution in [0.5, 0.6) is 5.75 Å². The van der Waals surface area contributed by atoms with Crippen LogP contribution in [0.25, 0.3) is 10.9 Å². The van der Waals surface area contributed by atoms with E-state index in [4.69, 9.17) is 20.8 Å². The summed E-state index contributed by atoms with van der Waals surface area (Å²) in [4.78, 5) is 27.5. The van der Waals surface area contributed by atoms with Gasteiger partial charge in [-0.25, -0.2) is 0 Å². The predicted molar refractivity (Wildman–Crippen MR) is 102 cm³/mol. The Bertz CT molecular complexity index is 1070. The molecule has 0 radical (unpaired) electrons. The summed E-state index contributed by atoms with van der Waals surface area (Å²) < 4.78 is 10.5. The third-order valence-corrected chi connectivity index (χ3v) is 5.03. The zero-order chi connectivity index (χ0) is 19.0. The van der Waals surface area contributed by atoms with Crippen molar-refractivity contribution in [1.29, 1.82) is 0 Å². The first-order valence-corrected chi connectivity index (χ1v) is 9.20. The van der Waals surface area contributed by atoms with Crippen LogP contribution in [0.15, 0.2) is 39.7 Å². The van der Waals surface area contributed by atoms with Gasteiger partial charge in [-0.1, -0.05) is 11.6 Å². The van der Waals surface area contributed by atoms with Crippen LogP contribution in [-0.4, -0.2) is 17.5 Å². The minimum absolute atomic E-state index is 0.0281. The van der Waals surface area contributed by atoms with Crippen LogP contribution in [0, 0.1) is 6.92 Å². The number of rotatable bonds is 4. The van der Waals surface area contributed by atoms with Gasteiger partial charge in [0, 0.05) is 27.7 Å². The number of benzene rings is 1. The molecule has 0 fully saturated rings. The molecule has 7 heteroatoms. The molecule has 0 saturated heterocycles. The summed E-state index contributed by atoms with van der Waals surface area (Å²) in [6.07, 6.45) is 3.99. The van der Waals surface area contributed by atoms with Gasteiger partial charge >= 0.3 is 0 Å². The maximum Gasteiger partial charge on any atom is 0.258 e. The predicted octanol–water partition coefficient (Wildman–Crippen LogP) is 3.66. The van der Waals surface area contributed by atoms with Crippen LogP contribution < -0.4 is 15.5 Å². The van der Waals surface area contributed by atoms with Gasteiger partial charge in [-0.05, 0) is 49.9 Å². The Balaban J connectivity index is 1.48. The third kappa shape index (κ3) is 3.57. The molecule has 0 aliphatic heterocycles. The fraction of sp³-hybridized carbons (Fsp3) is 0.300. The highest BCUT2D eigenvalue weighted by atomic mass is 35.5. The van der Waals surface area contributed by atoms with E-state index < -0.39 is 0 Å². The minimum atomic E-state index is -0.306. The van der Waals surface area contributed by atoms with Gasteiger partial charge in [0.15, 0.2) is 6.61 Å². The molecular weight excluding hydrogens is 368 g/mol. The smallest absolute Gasteiger partial charge is 0.258 e. The lowest BCUT2D eigenvalue weighted by atomic mass is 9.91. The molecule has 1 aliphatic carbocycles. The number of aromatic nitrogens is 1. The molecule has 0 saturated carbocycles. The molecule has 1 amide bonds. The lowest BCUT2D eigenvalue weighted by Gasteiger charge is -2.23. The Morgan fingerprint density at radius 3 is 3.07 bits per heavy atom. The van der Waals surface area contributed by atoms with E-state index in [2.05, 4.69) is 10.3 Å². The molecule has 1 unspecified atom stereocenters. The highest BCUT2D eigenvalue weighted by molar-refractivity contribution is 6.31. The molecule has 1 aliphatic rings. The van der Waals surface area contributed by atoms with Gasteiger partial charge in [0.25, 0.3) is 5.91 Å². The Morgan fingerprint density at radius 1 is 1.41 bits per heavy atom. The molecule has 1 atom stereocenters. The van der Waals surface area contributed by atoms with Crippen LogP contribution in [0.1, 0.15) is 35.9 Å². The molecule has 2 heterocycles. The number of hydrogen-bond donors (Lipinski definition) is 2. The van der Waals surface area contributed by atoms with Gasteiger partial charge in [-0.2, -0.15) is 0 Å². The van der Waals surface area contributed by atoms with Crippen LogP contribution in [0.4, 0.5) is 0 Å². The van der Waals surface area contributed by atoms with Crippen LogP contribution in [-0.2, 0) is 11.2 Å². The number of carbonyl (C=O) groups excluding carboxylic acids is 1. The van der Waals surface area contributed by atoms with E-state index in [1.54, 1.807) is 6.92 Å². The van der Waals surface area contributed by atoms with Crippen LogP contribution in [0.2, 0.25) is 5.02 Å². The number of halogens is 1. The zero-order valence-electron chi connectivity index (χ0n) is 14.8. The number of carbonyl (C=O) groups is 1. The van der Waals surface area contributed by atoms with Gasteiger partial charge in [-0.3, -0.25) is 9.59 Å². The zero-order valence-corrected chi connectivity index (χ0v) is 15.6. The van der Waals surface area contributed by atoms with Crippen LogP contribution in [0.3, 0.4) is 0 Å². The number of aromatic amines is 1. The van der Waals surface area contributed by atoms with E-state index in [1.807, 2.05) is 18.2 Å². The van der Waals surface area contributed by atoms with Crippen molar-refractivity contribution in [2.24, 2.45) is 0 Å². The van der Waals surface area contributed by atoms with Crippen molar-refractivity contribution >= 4 is 28.4 Å². The lowest BCUT2D eigenvalue weighted by Crippen LogP contribution is -2.34. The average Bonchev–Trinajstić information content (AvgIpc) is 3.00. The largest absolute Gasteiger partial charge is 0.477 e. The Morgan fingerprint density at radius 2 is 2.26 bits per heavy atom. The highest BCUT2D eigenvalue weighted by Gasteiger charge is 2.25. The quantitative estimate of drug-likeness (QED) is 0.716. The summed E-state index contributed by atoms with van der Waals surface area (Å²) in [5.74, 6) is 0.232. The van der Waals surface area contributed by atoms with Crippen molar-refractivity contribution in [1.82, 2.24) is 10.3 Å². The summed E-state index contributed by atoms with van der Waals surface area (Å²) >= 11 is 6.13. The van der Waals surface area contributed by atoms with Crippen molar-refractivity contribution in [2.75, 3.05) is 6.61 Å². The third-order valence-electron chi connectivity index (χ3n) is 4.79. The van der Waals surface area contributed by atoms with Gasteiger partial charge in [-0.15, -0.1) is 0 Å². The first kappa shape index (κ1) is 17.7. The monoisotopic (exact) mass is 386 g/mol. The fourth-order valence-corrected chi connectivity index (χ4v) is 3.73. The molecular formula is C20H19ClN2O4. The Hall–Kier alpha value is -2.73. The van der Waals surface area contributed by atoms with Crippen molar-refractivity contribution in [2.45, 2.75) is 32.2 Å². The van der Waals surface area contributed by atoms with Crippen LogP contribution >= 0.6 is 11.6 Å². The van der Waals surface area contributed by atoms with Gasteiger partial charge in [0.1, 0.15) is 12.0 Å². The second kappa shape index (κ2) is 7.12. The summed E-state index contributed by atoms with van der Waals surface area (Å²) in [6.45, 7) is 1.43. The number of aryl methyl sites for hydroxylation is 2. The summed E-state index contributed by atoms with van der Waals surface area (Å²) in [6, 6.07) is 6.96. The number of amides is 1. The number of ether oxygens (including phenoxy) is 1. The first-order valence-electron chi connectivity index (χ1n) is 8.83. The topological polar surface area (TPSA) is 84.3 Å². The van der Waals surface area contributed by atoms with Crippen molar-refractivity contribution in [3.05, 3.63) is 62.8 Å². The minimum Gasteiger partial charge on any atom is -0.477 e. The molecule has 2 N–H and O–H groups in total. The molecule has 1 aromatic carbocycles. The second-order valence-corrected chi connectivity index (χ2v) is 7.16. The SMILES string of the molecule is Cc1cc(=O)c(OCC(=O)NC2CCCc3c2[nH]c2ccc(Cl)cc32)co1. The lowest BCUT2D eigenvalue weighted by molar-refractivity contribution is -0.124. The number of H-pyrrole nitrogens is 1. The number of hydrogen-bond acceptors (Lipinski definition) is 4. The van der Waals surface area contributed by atoms with E-state index in [0.717, 1.165) is 35.9 Å². The van der Waals surface area contributed by atoms with E-state index in [-0.39, 0.29) is 29.7 Å². The first-order chi connectivity index (χ1) is 13.0. The number of fused-ring (bicyclic) bond motifs is 3. The number of nitrogens with one attached hydrogen (secondary N) is 2. The van der Waals surface area contributed by atoms with E-state index in [1.165, 1.54) is 17.9 Å². The Labute approximate surface area is 160 Å². The van der Waals surface area contributed by atoms with Crippen molar-refractivity contribution < 1.29 is 13.9 Å². The van der Waals surface area contributed by atoms with Gasteiger partial charge < -0.3 is 19.5 Å². The second-order valence-electron chi connectivity index (χ2n) is 6.73. The van der Waals surface area contributed by atoms with Gasteiger partial charge in [0.2, 0.25) is 11.2 Å². The van der Waals surface area contributed by atoms with E-state index in [9.17, 15) is 9.59 Å². The molecule has 6 nitrogen and oxygen atoms in total. The summed E-state index contributed by atoms with van der Waals surface area (Å²) in [5, 5.41) is 4.79. The summed E-state index contributed by atoms with van der Waals surface area (Å²) in [7, 11) is 0. The maximum absolute atomic E-state index is 12.3. The molecule has 3 aromatic rings. The molecule has 140 valence electrons. The normalized spacial score (nSPS) is 16.1. The average molecular weight is 387 g/mol. The van der Waals surface area contributed by atoms with Crippen molar-refractivity contribution in [3.8, 4) is 5.75 Å². The summed E-state index contributed by atoms with van der Waals surface area (Å²) in [5.41, 5.74) is 2.92. The maximum atomic E-state index is 12.3.